The number of nitrogens with zero attached hydrogens (tertiary/aromatic N) is 2. The molecular weight excluding hydrogens is 237 g/mol. The Kier molecular flexibility index (Phi) is 3.35. The third kappa shape index (κ3) is 2.80. The minimum atomic E-state index is -0.410. The average Bonchev–Trinajstić information content (AvgIpc) is 2.71. The first kappa shape index (κ1) is 11.6. The van der Waals surface area contributed by atoms with Crippen LogP contribution in [0.4, 0.5) is 10.1 Å². The topological polar surface area (TPSA) is 48.7 Å². The molecule has 1 heterocycles. The van der Waals surface area contributed by atoms with Crippen molar-refractivity contribution in [3.05, 3.63) is 45.7 Å². The summed E-state index contributed by atoms with van der Waals surface area (Å²) in [7, 11) is 0. The van der Waals surface area contributed by atoms with Gasteiger partial charge in [0.15, 0.2) is 0 Å². The maximum absolute atomic E-state index is 13.2. The molecular formula is C12H10FN3S. The third-order valence-electron chi connectivity index (χ3n) is 2.32. The Labute approximate surface area is 103 Å². The summed E-state index contributed by atoms with van der Waals surface area (Å²) in [4.78, 5) is 5.24. The number of benzene rings is 1. The lowest BCUT2D eigenvalue weighted by Crippen LogP contribution is -2.00. The number of aryl methyl sites for hydroxylation is 1. The van der Waals surface area contributed by atoms with Gasteiger partial charge in [-0.15, -0.1) is 11.3 Å². The third-order valence-corrected chi connectivity index (χ3v) is 3.26. The number of hydrogen-bond donors (Lipinski definition) is 1. The van der Waals surface area contributed by atoms with Crippen LogP contribution in [-0.4, -0.2) is 4.98 Å². The van der Waals surface area contributed by atoms with Crippen molar-refractivity contribution < 1.29 is 4.39 Å². The van der Waals surface area contributed by atoms with Gasteiger partial charge >= 0.3 is 0 Å². The Hall–Kier alpha value is -1.93. The van der Waals surface area contributed by atoms with Crippen molar-refractivity contribution in [2.45, 2.75) is 13.5 Å². The van der Waals surface area contributed by atoms with Crippen molar-refractivity contribution in [2.24, 2.45) is 0 Å². The fourth-order valence-corrected chi connectivity index (χ4v) is 2.15. The molecule has 0 fully saturated rings. The molecule has 0 atom stereocenters. The number of halogens is 1. The van der Waals surface area contributed by atoms with E-state index in [0.29, 0.717) is 17.8 Å². The van der Waals surface area contributed by atoms with E-state index >= 15 is 0 Å². The monoisotopic (exact) mass is 247 g/mol. The van der Waals surface area contributed by atoms with E-state index in [0.717, 1.165) is 10.6 Å². The van der Waals surface area contributed by atoms with Gasteiger partial charge < -0.3 is 5.32 Å². The number of hydrogen-bond acceptors (Lipinski definition) is 4. The first-order chi connectivity index (χ1) is 8.19. The van der Waals surface area contributed by atoms with Gasteiger partial charge in [0.1, 0.15) is 5.82 Å². The second kappa shape index (κ2) is 4.93. The molecule has 1 aromatic heterocycles. The van der Waals surface area contributed by atoms with Crippen LogP contribution in [0.1, 0.15) is 16.1 Å². The molecule has 0 saturated carbocycles. The molecule has 0 spiro atoms. The van der Waals surface area contributed by atoms with Crippen LogP contribution >= 0.6 is 11.3 Å². The van der Waals surface area contributed by atoms with Gasteiger partial charge in [-0.3, -0.25) is 0 Å². The van der Waals surface area contributed by atoms with Crippen molar-refractivity contribution in [3.63, 3.8) is 0 Å². The van der Waals surface area contributed by atoms with Crippen LogP contribution < -0.4 is 5.32 Å². The number of nitrogens with one attached hydrogen (secondary N) is 1. The standard InChI is InChI=1S/C12H10FN3S/c1-8-12(17-7-16-8)6-15-11-3-9(5-14)2-10(13)4-11/h2-4,7,15H,6H2,1H3. The predicted octanol–water partition coefficient (Wildman–Crippen LogP) is 3.07. The smallest absolute Gasteiger partial charge is 0.126 e. The summed E-state index contributed by atoms with van der Waals surface area (Å²) in [5, 5.41) is 11.8. The summed E-state index contributed by atoms with van der Waals surface area (Å²) in [5.41, 5.74) is 3.67. The van der Waals surface area contributed by atoms with Crippen LogP contribution in [0, 0.1) is 24.1 Å². The van der Waals surface area contributed by atoms with Gasteiger partial charge in [-0.1, -0.05) is 0 Å². The molecule has 5 heteroatoms. The lowest BCUT2D eigenvalue weighted by molar-refractivity contribution is 0.627. The Morgan fingerprint density at radius 2 is 2.29 bits per heavy atom. The van der Waals surface area contributed by atoms with Crippen LogP contribution in [0.2, 0.25) is 0 Å². The van der Waals surface area contributed by atoms with Gasteiger partial charge in [-0.2, -0.15) is 5.26 Å². The van der Waals surface area contributed by atoms with Gasteiger partial charge in [-0.05, 0) is 25.1 Å². The van der Waals surface area contributed by atoms with Crippen molar-refractivity contribution in [2.75, 3.05) is 5.32 Å². The number of rotatable bonds is 3. The number of anilines is 1. The summed E-state index contributed by atoms with van der Waals surface area (Å²) in [6, 6.07) is 6.13. The van der Waals surface area contributed by atoms with E-state index in [-0.39, 0.29) is 0 Å². The fraction of sp³-hybridized carbons (Fsp3) is 0.167. The highest BCUT2D eigenvalue weighted by atomic mass is 32.1. The van der Waals surface area contributed by atoms with E-state index in [1.165, 1.54) is 12.1 Å². The van der Waals surface area contributed by atoms with E-state index in [2.05, 4.69) is 10.3 Å². The Balaban J connectivity index is 2.12. The quantitative estimate of drug-likeness (QED) is 0.906. The molecule has 0 bridgehead atoms. The van der Waals surface area contributed by atoms with Gasteiger partial charge in [0.05, 0.1) is 29.4 Å². The lowest BCUT2D eigenvalue weighted by atomic mass is 10.2. The van der Waals surface area contributed by atoms with E-state index in [1.807, 2.05) is 13.0 Å². The number of thiazole rings is 1. The van der Waals surface area contributed by atoms with Crippen LogP contribution in [0.15, 0.2) is 23.7 Å². The van der Waals surface area contributed by atoms with Gasteiger partial charge in [-0.25, -0.2) is 9.37 Å². The molecule has 2 rings (SSSR count). The SMILES string of the molecule is Cc1ncsc1CNc1cc(F)cc(C#N)c1. The molecule has 0 aliphatic heterocycles. The van der Waals surface area contributed by atoms with E-state index < -0.39 is 5.82 Å². The molecule has 2 aromatic rings. The normalized spacial score (nSPS) is 9.94. The van der Waals surface area contributed by atoms with E-state index in [1.54, 1.807) is 22.9 Å². The molecule has 3 nitrogen and oxygen atoms in total. The van der Waals surface area contributed by atoms with Crippen molar-refractivity contribution in [1.82, 2.24) is 4.98 Å². The molecule has 86 valence electrons. The largest absolute Gasteiger partial charge is 0.380 e. The van der Waals surface area contributed by atoms with Gasteiger partial charge in [0.25, 0.3) is 0 Å². The Morgan fingerprint density at radius 3 is 2.94 bits per heavy atom. The second-order valence-electron chi connectivity index (χ2n) is 3.55. The molecule has 0 radical (unpaired) electrons. The maximum atomic E-state index is 13.2. The zero-order valence-electron chi connectivity index (χ0n) is 9.20. The first-order valence-corrected chi connectivity index (χ1v) is 5.90. The zero-order chi connectivity index (χ0) is 12.3. The summed E-state index contributed by atoms with van der Waals surface area (Å²) in [5.74, 6) is -0.410. The molecule has 0 amide bonds. The molecule has 0 saturated heterocycles. The highest BCUT2D eigenvalue weighted by Crippen LogP contribution is 2.17. The number of nitriles is 1. The van der Waals surface area contributed by atoms with Crippen LogP contribution in [-0.2, 0) is 6.54 Å². The minimum absolute atomic E-state index is 0.313. The summed E-state index contributed by atoms with van der Waals surface area (Å²) in [6.07, 6.45) is 0. The van der Waals surface area contributed by atoms with E-state index in [4.69, 9.17) is 5.26 Å². The molecule has 0 unspecified atom stereocenters. The predicted molar refractivity (Wildman–Crippen MR) is 65.3 cm³/mol. The molecule has 0 aliphatic carbocycles. The fourth-order valence-electron chi connectivity index (χ4n) is 1.43. The van der Waals surface area contributed by atoms with Crippen molar-refractivity contribution in [3.8, 4) is 6.07 Å². The molecule has 1 N–H and O–H groups in total. The molecule has 17 heavy (non-hydrogen) atoms. The summed E-state index contributed by atoms with van der Waals surface area (Å²) < 4.78 is 13.2. The Morgan fingerprint density at radius 1 is 1.47 bits per heavy atom. The van der Waals surface area contributed by atoms with Crippen LogP contribution in [0.3, 0.4) is 0 Å². The zero-order valence-corrected chi connectivity index (χ0v) is 10.0. The van der Waals surface area contributed by atoms with Crippen LogP contribution in [0.5, 0.6) is 0 Å². The summed E-state index contributed by atoms with van der Waals surface area (Å²) in [6.45, 7) is 2.52. The molecule has 1 aromatic carbocycles. The van der Waals surface area contributed by atoms with Gasteiger partial charge in [0, 0.05) is 10.6 Å². The highest BCUT2D eigenvalue weighted by Gasteiger charge is 2.03. The van der Waals surface area contributed by atoms with Crippen molar-refractivity contribution in [1.29, 1.82) is 5.26 Å². The van der Waals surface area contributed by atoms with Crippen molar-refractivity contribution >= 4 is 17.0 Å². The lowest BCUT2D eigenvalue weighted by Gasteiger charge is -2.05. The average molecular weight is 247 g/mol. The minimum Gasteiger partial charge on any atom is -0.380 e. The highest BCUT2D eigenvalue weighted by molar-refractivity contribution is 7.09. The maximum Gasteiger partial charge on any atom is 0.126 e. The van der Waals surface area contributed by atoms with Crippen LogP contribution in [0.25, 0.3) is 0 Å². The first-order valence-electron chi connectivity index (χ1n) is 5.02. The number of aromatic nitrogens is 1. The second-order valence-corrected chi connectivity index (χ2v) is 4.49. The molecule has 0 aliphatic rings. The summed E-state index contributed by atoms with van der Waals surface area (Å²) >= 11 is 1.55. The van der Waals surface area contributed by atoms with Gasteiger partial charge in [0.2, 0.25) is 0 Å². The Bertz CT molecular complexity index is 571. The van der Waals surface area contributed by atoms with E-state index in [9.17, 15) is 4.39 Å².